The summed E-state index contributed by atoms with van der Waals surface area (Å²) in [5.74, 6) is 0.511. The summed E-state index contributed by atoms with van der Waals surface area (Å²) < 4.78 is 0. The second-order valence-corrected chi connectivity index (χ2v) is 10.2. The normalized spacial score (nSPS) is 17.3. The topological polar surface area (TPSA) is 86.8 Å². The standard InChI is InChI=1S/C25H41N3O4/c1-25(2,3)20-14-18-27(19-15-20)22(30)11-7-4-8-16-26-21(29)10-6-5-9-17-28-23(31)12-13-24(28)32/h12-13,20H,4-11,14-19H2,1-3H3,(H,26,29). The van der Waals surface area contributed by atoms with Gasteiger partial charge in [0.2, 0.25) is 11.8 Å². The van der Waals surface area contributed by atoms with Crippen molar-refractivity contribution in [2.75, 3.05) is 26.2 Å². The molecule has 0 aliphatic carbocycles. The van der Waals surface area contributed by atoms with Gasteiger partial charge in [-0.3, -0.25) is 24.1 Å². The highest BCUT2D eigenvalue weighted by atomic mass is 16.2. The van der Waals surface area contributed by atoms with Crippen LogP contribution in [0.3, 0.4) is 0 Å². The van der Waals surface area contributed by atoms with E-state index >= 15 is 0 Å². The number of carbonyl (C=O) groups is 4. The summed E-state index contributed by atoms with van der Waals surface area (Å²) in [6.07, 6.45) is 10.8. The van der Waals surface area contributed by atoms with Gasteiger partial charge >= 0.3 is 0 Å². The van der Waals surface area contributed by atoms with Crippen molar-refractivity contribution in [3.05, 3.63) is 12.2 Å². The Morgan fingerprint density at radius 2 is 1.50 bits per heavy atom. The number of imide groups is 1. The molecule has 180 valence electrons. The lowest BCUT2D eigenvalue weighted by Crippen LogP contribution is -2.41. The third kappa shape index (κ3) is 8.75. The van der Waals surface area contributed by atoms with Crippen LogP contribution < -0.4 is 5.32 Å². The van der Waals surface area contributed by atoms with Gasteiger partial charge in [0.25, 0.3) is 11.8 Å². The van der Waals surface area contributed by atoms with Gasteiger partial charge < -0.3 is 10.2 Å². The molecule has 32 heavy (non-hydrogen) atoms. The first kappa shape index (κ1) is 26.1. The van der Waals surface area contributed by atoms with Crippen LogP contribution in [-0.4, -0.2) is 59.6 Å². The van der Waals surface area contributed by atoms with Crippen LogP contribution in [0.2, 0.25) is 0 Å². The third-order valence-electron chi connectivity index (χ3n) is 6.65. The molecule has 4 amide bonds. The zero-order valence-corrected chi connectivity index (χ0v) is 20.2. The molecule has 0 aromatic rings. The van der Waals surface area contributed by atoms with Crippen molar-refractivity contribution in [2.24, 2.45) is 11.3 Å². The van der Waals surface area contributed by atoms with Crippen LogP contribution in [0.1, 0.15) is 85.0 Å². The number of amides is 4. The molecule has 7 nitrogen and oxygen atoms in total. The molecule has 0 aromatic carbocycles. The van der Waals surface area contributed by atoms with Crippen LogP contribution in [0.5, 0.6) is 0 Å². The molecule has 0 bridgehead atoms. The average molecular weight is 448 g/mol. The molecule has 1 saturated heterocycles. The lowest BCUT2D eigenvalue weighted by atomic mass is 9.75. The SMILES string of the molecule is CC(C)(C)C1CCN(C(=O)CCCCCNC(=O)CCCCCN2C(=O)C=CC2=O)CC1. The van der Waals surface area contributed by atoms with Gasteiger partial charge in [0.05, 0.1) is 0 Å². The molecule has 2 aliphatic rings. The highest BCUT2D eigenvalue weighted by Crippen LogP contribution is 2.34. The monoisotopic (exact) mass is 447 g/mol. The van der Waals surface area contributed by atoms with E-state index in [0.717, 1.165) is 58.0 Å². The van der Waals surface area contributed by atoms with Crippen molar-refractivity contribution < 1.29 is 19.2 Å². The third-order valence-corrected chi connectivity index (χ3v) is 6.65. The molecule has 2 heterocycles. The van der Waals surface area contributed by atoms with E-state index in [9.17, 15) is 19.2 Å². The van der Waals surface area contributed by atoms with E-state index in [1.807, 2.05) is 4.90 Å². The Morgan fingerprint density at radius 3 is 2.12 bits per heavy atom. The molecule has 0 atom stereocenters. The van der Waals surface area contributed by atoms with Crippen molar-refractivity contribution >= 4 is 23.6 Å². The first-order chi connectivity index (χ1) is 15.2. The Balaban J connectivity index is 1.42. The smallest absolute Gasteiger partial charge is 0.253 e. The predicted octanol–water partition coefficient (Wildman–Crippen LogP) is 3.43. The molecular formula is C25H41N3O4. The van der Waals surface area contributed by atoms with Crippen molar-refractivity contribution in [3.8, 4) is 0 Å². The summed E-state index contributed by atoms with van der Waals surface area (Å²) in [4.78, 5) is 50.5. The average Bonchev–Trinajstić information content (AvgIpc) is 3.07. The van der Waals surface area contributed by atoms with Crippen LogP contribution in [-0.2, 0) is 19.2 Å². The first-order valence-corrected chi connectivity index (χ1v) is 12.3. The van der Waals surface area contributed by atoms with E-state index in [0.29, 0.717) is 43.7 Å². The highest BCUT2D eigenvalue weighted by Gasteiger charge is 2.30. The molecule has 0 unspecified atom stereocenters. The molecule has 0 saturated carbocycles. The quantitative estimate of drug-likeness (QED) is 0.367. The fourth-order valence-electron chi connectivity index (χ4n) is 4.43. The van der Waals surface area contributed by atoms with Gasteiger partial charge in [0.15, 0.2) is 0 Å². The molecule has 0 spiro atoms. The van der Waals surface area contributed by atoms with Gasteiger partial charge in [0.1, 0.15) is 0 Å². The van der Waals surface area contributed by atoms with Crippen molar-refractivity contribution in [1.29, 1.82) is 0 Å². The molecule has 1 N–H and O–H groups in total. The van der Waals surface area contributed by atoms with Crippen molar-refractivity contribution in [1.82, 2.24) is 15.1 Å². The summed E-state index contributed by atoms with van der Waals surface area (Å²) in [6.45, 7) is 9.69. The van der Waals surface area contributed by atoms with Crippen LogP contribution in [0.15, 0.2) is 12.2 Å². The van der Waals surface area contributed by atoms with Crippen LogP contribution >= 0.6 is 0 Å². The number of nitrogens with one attached hydrogen (secondary N) is 1. The van der Waals surface area contributed by atoms with E-state index in [1.54, 1.807) is 0 Å². The Kier molecular flexibility index (Phi) is 10.4. The Bertz CT molecular complexity index is 670. The maximum atomic E-state index is 12.4. The first-order valence-electron chi connectivity index (χ1n) is 12.3. The van der Waals surface area contributed by atoms with Gasteiger partial charge in [-0.2, -0.15) is 0 Å². The number of rotatable bonds is 12. The summed E-state index contributed by atoms with van der Waals surface area (Å²) in [7, 11) is 0. The van der Waals surface area contributed by atoms with E-state index in [-0.39, 0.29) is 23.6 Å². The molecule has 2 rings (SSSR count). The second-order valence-electron chi connectivity index (χ2n) is 10.2. The van der Waals surface area contributed by atoms with Gasteiger partial charge in [-0.1, -0.05) is 33.6 Å². The molecule has 2 aliphatic heterocycles. The zero-order valence-electron chi connectivity index (χ0n) is 20.2. The summed E-state index contributed by atoms with van der Waals surface area (Å²) >= 11 is 0. The van der Waals surface area contributed by atoms with Crippen LogP contribution in [0, 0.1) is 11.3 Å². The number of nitrogens with zero attached hydrogens (tertiary/aromatic N) is 2. The number of carbonyl (C=O) groups excluding carboxylic acids is 4. The molecule has 0 aromatic heterocycles. The number of hydrogen-bond donors (Lipinski definition) is 1. The second kappa shape index (κ2) is 12.8. The number of likely N-dealkylation sites (tertiary alicyclic amines) is 1. The van der Waals surface area contributed by atoms with E-state index in [1.165, 1.54) is 17.1 Å². The number of piperidine rings is 1. The van der Waals surface area contributed by atoms with Crippen LogP contribution in [0.25, 0.3) is 0 Å². The summed E-state index contributed by atoms with van der Waals surface area (Å²) in [5.41, 5.74) is 0.325. The van der Waals surface area contributed by atoms with E-state index < -0.39 is 0 Å². The minimum absolute atomic E-state index is 0.0396. The van der Waals surface area contributed by atoms with E-state index in [2.05, 4.69) is 26.1 Å². The van der Waals surface area contributed by atoms with Gasteiger partial charge in [0, 0.05) is 51.2 Å². The van der Waals surface area contributed by atoms with Crippen LogP contribution in [0.4, 0.5) is 0 Å². The van der Waals surface area contributed by atoms with Crippen molar-refractivity contribution in [3.63, 3.8) is 0 Å². The van der Waals surface area contributed by atoms with Gasteiger partial charge in [-0.25, -0.2) is 0 Å². The maximum absolute atomic E-state index is 12.4. The summed E-state index contributed by atoms with van der Waals surface area (Å²) in [5, 5.41) is 2.94. The Hall–Kier alpha value is -2.18. The fraction of sp³-hybridized carbons (Fsp3) is 0.760. The largest absolute Gasteiger partial charge is 0.356 e. The van der Waals surface area contributed by atoms with Crippen molar-refractivity contribution in [2.45, 2.75) is 85.0 Å². The Labute approximate surface area is 193 Å². The lowest BCUT2D eigenvalue weighted by Gasteiger charge is -2.38. The molecule has 1 fully saturated rings. The fourth-order valence-corrected chi connectivity index (χ4v) is 4.43. The summed E-state index contributed by atoms with van der Waals surface area (Å²) in [6, 6.07) is 0. The molecule has 7 heteroatoms. The van der Waals surface area contributed by atoms with Gasteiger partial charge in [-0.15, -0.1) is 0 Å². The highest BCUT2D eigenvalue weighted by molar-refractivity contribution is 6.12. The minimum atomic E-state index is -0.250. The number of hydrogen-bond acceptors (Lipinski definition) is 4. The lowest BCUT2D eigenvalue weighted by molar-refractivity contribution is -0.137. The Morgan fingerprint density at radius 1 is 0.906 bits per heavy atom. The molecule has 0 radical (unpaired) electrons. The maximum Gasteiger partial charge on any atom is 0.253 e. The predicted molar refractivity (Wildman–Crippen MR) is 125 cm³/mol. The molecular weight excluding hydrogens is 406 g/mol. The number of unbranched alkanes of at least 4 members (excludes halogenated alkanes) is 4. The zero-order chi connectivity index (χ0) is 23.6. The minimum Gasteiger partial charge on any atom is -0.356 e. The van der Waals surface area contributed by atoms with E-state index in [4.69, 9.17) is 0 Å². The van der Waals surface area contributed by atoms with Gasteiger partial charge in [-0.05, 0) is 49.9 Å².